The smallest absolute Gasteiger partial charge is 0.223 e. The second-order valence-corrected chi connectivity index (χ2v) is 7.04. The van der Waals surface area contributed by atoms with Gasteiger partial charge >= 0.3 is 0 Å². The molecule has 0 aliphatic carbocycles. The van der Waals surface area contributed by atoms with Gasteiger partial charge in [-0.1, -0.05) is 34.4 Å². The standard InChI is InChI=1S/C18H20Cl2N2O2/c1-11-14(12(2)24-21-11)6-8-18(23)22-9-3-4-17(22)13-5-7-15(19)16(20)10-13/h5,7,10,17H,3-4,6,8-9H2,1-2H3/t17-/m1/s1. The Morgan fingerprint density at radius 3 is 2.79 bits per heavy atom. The van der Waals surface area contributed by atoms with Crippen LogP contribution >= 0.6 is 23.2 Å². The number of amides is 1. The topological polar surface area (TPSA) is 46.3 Å². The van der Waals surface area contributed by atoms with Crippen LogP contribution in [0.4, 0.5) is 0 Å². The summed E-state index contributed by atoms with van der Waals surface area (Å²) in [6.07, 6.45) is 3.07. The van der Waals surface area contributed by atoms with Crippen LogP contribution in [-0.4, -0.2) is 22.5 Å². The number of halogens is 2. The number of hydrogen-bond donors (Lipinski definition) is 0. The molecule has 1 aromatic heterocycles. The highest BCUT2D eigenvalue weighted by Gasteiger charge is 2.30. The van der Waals surface area contributed by atoms with Crippen LogP contribution in [-0.2, 0) is 11.2 Å². The maximum absolute atomic E-state index is 12.7. The minimum atomic E-state index is 0.0805. The first-order chi connectivity index (χ1) is 11.5. The number of aryl methyl sites for hydroxylation is 2. The zero-order valence-corrected chi connectivity index (χ0v) is 15.3. The number of carbonyl (C=O) groups excluding carboxylic acids is 1. The van der Waals surface area contributed by atoms with Gasteiger partial charge in [-0.2, -0.15) is 0 Å². The summed E-state index contributed by atoms with van der Waals surface area (Å²) >= 11 is 12.1. The van der Waals surface area contributed by atoms with Gasteiger partial charge in [-0.25, -0.2) is 0 Å². The molecule has 0 radical (unpaired) electrons. The molecule has 1 saturated heterocycles. The third-order valence-electron chi connectivity index (χ3n) is 4.67. The van der Waals surface area contributed by atoms with E-state index < -0.39 is 0 Å². The van der Waals surface area contributed by atoms with Crippen molar-refractivity contribution in [1.82, 2.24) is 10.1 Å². The molecule has 1 aliphatic rings. The Morgan fingerprint density at radius 1 is 1.33 bits per heavy atom. The molecule has 1 aliphatic heterocycles. The first kappa shape index (κ1) is 17.3. The molecular weight excluding hydrogens is 347 g/mol. The van der Waals surface area contributed by atoms with Crippen molar-refractivity contribution >= 4 is 29.1 Å². The molecule has 0 spiro atoms. The molecule has 0 unspecified atom stereocenters. The van der Waals surface area contributed by atoms with Crippen LogP contribution in [0.2, 0.25) is 10.0 Å². The summed E-state index contributed by atoms with van der Waals surface area (Å²) < 4.78 is 5.17. The Kier molecular flexibility index (Phi) is 5.16. The zero-order chi connectivity index (χ0) is 17.3. The molecule has 4 nitrogen and oxygen atoms in total. The van der Waals surface area contributed by atoms with Gasteiger partial charge < -0.3 is 9.42 Å². The van der Waals surface area contributed by atoms with Crippen molar-refractivity contribution in [2.45, 2.75) is 45.6 Å². The van der Waals surface area contributed by atoms with Crippen molar-refractivity contribution in [2.75, 3.05) is 6.54 Å². The maximum atomic E-state index is 12.7. The van der Waals surface area contributed by atoms with E-state index in [9.17, 15) is 4.79 Å². The average molecular weight is 367 g/mol. The number of nitrogens with zero attached hydrogens (tertiary/aromatic N) is 2. The third-order valence-corrected chi connectivity index (χ3v) is 5.41. The second-order valence-electron chi connectivity index (χ2n) is 6.22. The molecule has 128 valence electrons. The molecule has 1 aromatic carbocycles. The van der Waals surface area contributed by atoms with E-state index in [2.05, 4.69) is 5.16 Å². The van der Waals surface area contributed by atoms with E-state index in [-0.39, 0.29) is 11.9 Å². The average Bonchev–Trinajstić information content (AvgIpc) is 3.16. The Balaban J connectivity index is 1.70. The van der Waals surface area contributed by atoms with Crippen molar-refractivity contribution in [2.24, 2.45) is 0 Å². The van der Waals surface area contributed by atoms with Crippen LogP contribution < -0.4 is 0 Å². The van der Waals surface area contributed by atoms with Gasteiger partial charge in [0.2, 0.25) is 5.91 Å². The van der Waals surface area contributed by atoms with Crippen molar-refractivity contribution in [3.05, 3.63) is 50.8 Å². The second kappa shape index (κ2) is 7.16. The highest BCUT2D eigenvalue weighted by atomic mass is 35.5. The zero-order valence-electron chi connectivity index (χ0n) is 13.8. The van der Waals surface area contributed by atoms with Gasteiger partial charge in [0.05, 0.1) is 21.8 Å². The first-order valence-electron chi connectivity index (χ1n) is 8.13. The number of likely N-dealkylation sites (tertiary alicyclic amines) is 1. The van der Waals surface area contributed by atoms with Crippen molar-refractivity contribution in [3.8, 4) is 0 Å². The number of aromatic nitrogens is 1. The Bertz CT molecular complexity index is 738. The monoisotopic (exact) mass is 366 g/mol. The van der Waals surface area contributed by atoms with E-state index in [0.717, 1.165) is 42.0 Å². The van der Waals surface area contributed by atoms with E-state index in [4.69, 9.17) is 27.7 Å². The van der Waals surface area contributed by atoms with Crippen molar-refractivity contribution < 1.29 is 9.32 Å². The highest BCUT2D eigenvalue weighted by Crippen LogP contribution is 2.35. The Hall–Kier alpha value is -1.52. The summed E-state index contributed by atoms with van der Waals surface area (Å²) in [7, 11) is 0. The lowest BCUT2D eigenvalue weighted by Gasteiger charge is -2.25. The quantitative estimate of drug-likeness (QED) is 0.773. The van der Waals surface area contributed by atoms with E-state index in [1.54, 1.807) is 6.07 Å². The molecule has 1 fully saturated rings. The minimum absolute atomic E-state index is 0.0805. The number of rotatable bonds is 4. The molecule has 6 heteroatoms. The lowest BCUT2D eigenvalue weighted by Crippen LogP contribution is -2.30. The molecule has 3 rings (SSSR count). The molecule has 0 saturated carbocycles. The Morgan fingerprint density at radius 2 is 2.12 bits per heavy atom. The third kappa shape index (κ3) is 3.45. The van der Waals surface area contributed by atoms with Gasteiger partial charge in [-0.3, -0.25) is 4.79 Å². The Labute approximate surface area is 151 Å². The lowest BCUT2D eigenvalue weighted by molar-refractivity contribution is -0.132. The molecule has 24 heavy (non-hydrogen) atoms. The number of benzene rings is 1. The van der Waals surface area contributed by atoms with Crippen LogP contribution in [0.1, 0.15) is 47.9 Å². The largest absolute Gasteiger partial charge is 0.361 e. The summed E-state index contributed by atoms with van der Waals surface area (Å²) in [5.41, 5.74) is 2.95. The molecule has 2 heterocycles. The molecule has 1 amide bonds. The maximum Gasteiger partial charge on any atom is 0.223 e. The van der Waals surface area contributed by atoms with Crippen LogP contribution in [0.5, 0.6) is 0 Å². The van der Waals surface area contributed by atoms with E-state index in [0.29, 0.717) is 22.9 Å². The van der Waals surface area contributed by atoms with Gasteiger partial charge in [0.15, 0.2) is 0 Å². The fourth-order valence-corrected chi connectivity index (χ4v) is 3.67. The minimum Gasteiger partial charge on any atom is -0.361 e. The summed E-state index contributed by atoms with van der Waals surface area (Å²) in [4.78, 5) is 14.7. The first-order valence-corrected chi connectivity index (χ1v) is 8.89. The predicted molar refractivity (Wildman–Crippen MR) is 94.4 cm³/mol. The summed E-state index contributed by atoms with van der Waals surface area (Å²) in [6, 6.07) is 5.70. The molecular formula is C18H20Cl2N2O2. The number of hydrogen-bond acceptors (Lipinski definition) is 3. The van der Waals surface area contributed by atoms with Gasteiger partial charge in [-0.15, -0.1) is 0 Å². The molecule has 0 N–H and O–H groups in total. The van der Waals surface area contributed by atoms with E-state index in [1.165, 1.54) is 0 Å². The SMILES string of the molecule is Cc1noc(C)c1CCC(=O)N1CCC[C@@H]1c1ccc(Cl)c(Cl)c1. The van der Waals surface area contributed by atoms with Gasteiger partial charge in [0, 0.05) is 18.5 Å². The summed E-state index contributed by atoms with van der Waals surface area (Å²) in [6.45, 7) is 4.57. The normalized spacial score (nSPS) is 17.5. The van der Waals surface area contributed by atoms with Crippen LogP contribution in [0, 0.1) is 13.8 Å². The molecule has 2 aromatic rings. The van der Waals surface area contributed by atoms with E-state index >= 15 is 0 Å². The fourth-order valence-electron chi connectivity index (χ4n) is 3.37. The highest BCUT2D eigenvalue weighted by molar-refractivity contribution is 6.42. The van der Waals surface area contributed by atoms with Gasteiger partial charge in [-0.05, 0) is 50.8 Å². The van der Waals surface area contributed by atoms with Crippen LogP contribution in [0.25, 0.3) is 0 Å². The lowest BCUT2D eigenvalue weighted by atomic mass is 10.0. The molecule has 1 atom stereocenters. The van der Waals surface area contributed by atoms with Gasteiger partial charge in [0.25, 0.3) is 0 Å². The summed E-state index contributed by atoms with van der Waals surface area (Å²) in [5.74, 6) is 0.950. The molecule has 0 bridgehead atoms. The van der Waals surface area contributed by atoms with Crippen LogP contribution in [0.3, 0.4) is 0 Å². The summed E-state index contributed by atoms with van der Waals surface area (Å²) in [5, 5.41) is 5.01. The predicted octanol–water partition coefficient (Wildman–Crippen LogP) is 4.89. The van der Waals surface area contributed by atoms with Crippen LogP contribution in [0.15, 0.2) is 22.7 Å². The van der Waals surface area contributed by atoms with Gasteiger partial charge in [0.1, 0.15) is 5.76 Å². The van der Waals surface area contributed by atoms with E-state index in [1.807, 2.05) is 30.9 Å². The fraction of sp³-hybridized carbons (Fsp3) is 0.444. The van der Waals surface area contributed by atoms with Crippen molar-refractivity contribution in [3.63, 3.8) is 0 Å². The van der Waals surface area contributed by atoms with Crippen molar-refractivity contribution in [1.29, 1.82) is 0 Å². The number of carbonyl (C=O) groups is 1.